The molecule has 2 amide bonds. The molecule has 0 saturated heterocycles. The third kappa shape index (κ3) is 2.38. The molecule has 100 valence electrons. The summed E-state index contributed by atoms with van der Waals surface area (Å²) < 4.78 is 0. The number of anilines is 1. The van der Waals surface area contributed by atoms with Crippen molar-refractivity contribution >= 4 is 17.6 Å². The first kappa shape index (κ1) is 12.3. The van der Waals surface area contributed by atoms with E-state index in [1.54, 1.807) is 30.5 Å². The molecule has 1 aromatic carbocycles. The van der Waals surface area contributed by atoms with Gasteiger partial charge in [0.05, 0.1) is 0 Å². The minimum atomic E-state index is -0.246. The first-order valence-electron chi connectivity index (χ1n) is 6.32. The Morgan fingerprint density at radius 1 is 1.20 bits per heavy atom. The molecule has 3 rings (SSSR count). The Morgan fingerprint density at radius 2 is 2.00 bits per heavy atom. The van der Waals surface area contributed by atoms with Crippen molar-refractivity contribution in [2.24, 2.45) is 0 Å². The van der Waals surface area contributed by atoms with Gasteiger partial charge in [0.1, 0.15) is 12.4 Å². The van der Waals surface area contributed by atoms with Gasteiger partial charge in [0.25, 0.3) is 5.91 Å². The minimum absolute atomic E-state index is 0.0318. The van der Waals surface area contributed by atoms with E-state index in [-0.39, 0.29) is 18.4 Å². The van der Waals surface area contributed by atoms with Crippen molar-refractivity contribution in [3.63, 3.8) is 0 Å². The molecule has 0 bridgehead atoms. The molecule has 2 heterocycles. The number of hydrogen-bond donors (Lipinski definition) is 1. The molecular weight excluding hydrogens is 254 g/mol. The van der Waals surface area contributed by atoms with E-state index in [9.17, 15) is 9.59 Å². The highest BCUT2D eigenvalue weighted by Gasteiger charge is 2.28. The Labute approximate surface area is 116 Å². The zero-order valence-electron chi connectivity index (χ0n) is 10.7. The van der Waals surface area contributed by atoms with Gasteiger partial charge in [-0.3, -0.25) is 9.59 Å². The van der Waals surface area contributed by atoms with Gasteiger partial charge in [0, 0.05) is 18.3 Å². The molecule has 0 atom stereocenters. The van der Waals surface area contributed by atoms with Crippen LogP contribution in [0.25, 0.3) is 0 Å². The summed E-state index contributed by atoms with van der Waals surface area (Å²) in [6.07, 6.45) is 1.60. The van der Waals surface area contributed by atoms with Crippen LogP contribution in [0.1, 0.15) is 15.9 Å². The lowest BCUT2D eigenvalue weighted by Gasteiger charge is -2.14. The molecule has 1 aliphatic rings. The van der Waals surface area contributed by atoms with E-state index < -0.39 is 0 Å². The van der Waals surface area contributed by atoms with E-state index in [2.05, 4.69) is 10.3 Å². The largest absolute Gasteiger partial charge is 0.325 e. The zero-order chi connectivity index (χ0) is 13.9. The van der Waals surface area contributed by atoms with Gasteiger partial charge >= 0.3 is 0 Å². The highest BCUT2D eigenvalue weighted by atomic mass is 16.2. The van der Waals surface area contributed by atoms with Crippen LogP contribution in [0.4, 0.5) is 5.82 Å². The first-order valence-corrected chi connectivity index (χ1v) is 6.32. The van der Waals surface area contributed by atoms with Crippen LogP contribution in [-0.2, 0) is 11.3 Å². The zero-order valence-corrected chi connectivity index (χ0v) is 10.7. The molecule has 0 aliphatic carbocycles. The van der Waals surface area contributed by atoms with Gasteiger partial charge in [-0.1, -0.05) is 24.3 Å². The number of carbonyl (C=O) groups excluding carboxylic acids is 2. The predicted octanol–water partition coefficient (Wildman–Crippen LogP) is 1.68. The summed E-state index contributed by atoms with van der Waals surface area (Å²) in [5.41, 5.74) is 1.64. The van der Waals surface area contributed by atoms with Crippen molar-refractivity contribution in [3.05, 3.63) is 59.8 Å². The normalized spacial score (nSPS) is 13.2. The van der Waals surface area contributed by atoms with Crippen molar-refractivity contribution in [2.75, 3.05) is 11.9 Å². The summed E-state index contributed by atoms with van der Waals surface area (Å²) in [7, 11) is 0. The van der Waals surface area contributed by atoms with Crippen LogP contribution in [0, 0.1) is 0 Å². The lowest BCUT2D eigenvalue weighted by Crippen LogP contribution is -2.33. The van der Waals surface area contributed by atoms with Crippen molar-refractivity contribution in [1.82, 2.24) is 9.88 Å². The maximum atomic E-state index is 12.1. The molecule has 0 radical (unpaired) electrons. The maximum absolute atomic E-state index is 12.1. The SMILES string of the molecule is O=C(CN1Cc2ccccc2C1=O)Nc1ccccn1. The third-order valence-corrected chi connectivity index (χ3v) is 3.16. The van der Waals surface area contributed by atoms with Gasteiger partial charge in [0.15, 0.2) is 0 Å². The molecule has 1 aliphatic heterocycles. The molecule has 1 aromatic heterocycles. The fourth-order valence-electron chi connectivity index (χ4n) is 2.23. The highest BCUT2D eigenvalue weighted by molar-refractivity contribution is 6.01. The van der Waals surface area contributed by atoms with Crippen LogP contribution in [0.5, 0.6) is 0 Å². The second kappa shape index (κ2) is 5.13. The number of aromatic nitrogens is 1. The molecule has 1 N–H and O–H groups in total. The summed E-state index contributed by atoms with van der Waals surface area (Å²) in [6.45, 7) is 0.509. The van der Waals surface area contributed by atoms with Crippen molar-refractivity contribution in [2.45, 2.75) is 6.54 Å². The summed E-state index contributed by atoms with van der Waals surface area (Å²) in [4.78, 5) is 29.6. The summed E-state index contributed by atoms with van der Waals surface area (Å²) in [6, 6.07) is 12.7. The summed E-state index contributed by atoms with van der Waals surface area (Å²) in [5, 5.41) is 2.67. The van der Waals surface area contributed by atoms with E-state index in [4.69, 9.17) is 0 Å². The molecule has 5 nitrogen and oxygen atoms in total. The van der Waals surface area contributed by atoms with E-state index in [0.717, 1.165) is 5.56 Å². The van der Waals surface area contributed by atoms with E-state index in [1.165, 1.54) is 4.90 Å². The highest BCUT2D eigenvalue weighted by Crippen LogP contribution is 2.21. The minimum Gasteiger partial charge on any atom is -0.325 e. The summed E-state index contributed by atoms with van der Waals surface area (Å²) in [5.74, 6) is 0.142. The van der Waals surface area contributed by atoms with Gasteiger partial charge in [-0.15, -0.1) is 0 Å². The van der Waals surface area contributed by atoms with Crippen LogP contribution in [0.3, 0.4) is 0 Å². The molecule has 0 unspecified atom stereocenters. The monoisotopic (exact) mass is 267 g/mol. The lowest BCUT2D eigenvalue weighted by atomic mass is 10.1. The van der Waals surface area contributed by atoms with Crippen molar-refractivity contribution in [1.29, 1.82) is 0 Å². The fourth-order valence-corrected chi connectivity index (χ4v) is 2.23. The van der Waals surface area contributed by atoms with Crippen molar-refractivity contribution < 1.29 is 9.59 Å². The van der Waals surface area contributed by atoms with Gasteiger partial charge in [-0.25, -0.2) is 4.98 Å². The average molecular weight is 267 g/mol. The predicted molar refractivity (Wildman–Crippen MR) is 74.0 cm³/mol. The van der Waals surface area contributed by atoms with Crippen LogP contribution >= 0.6 is 0 Å². The van der Waals surface area contributed by atoms with E-state index in [0.29, 0.717) is 17.9 Å². The number of benzene rings is 1. The van der Waals surface area contributed by atoms with Gasteiger partial charge < -0.3 is 10.2 Å². The second-order valence-electron chi connectivity index (χ2n) is 4.58. The molecule has 0 fully saturated rings. The lowest BCUT2D eigenvalue weighted by molar-refractivity contribution is -0.116. The Morgan fingerprint density at radius 3 is 2.75 bits per heavy atom. The number of fused-ring (bicyclic) bond motifs is 1. The summed E-state index contributed by atoms with van der Waals surface area (Å²) >= 11 is 0. The standard InChI is InChI=1S/C15H13N3O2/c19-14(17-13-7-3-4-8-16-13)10-18-9-11-5-1-2-6-12(11)15(18)20/h1-8H,9-10H2,(H,16,17,19). The van der Waals surface area contributed by atoms with E-state index in [1.807, 2.05) is 18.2 Å². The second-order valence-corrected chi connectivity index (χ2v) is 4.58. The van der Waals surface area contributed by atoms with Crippen LogP contribution in [-0.4, -0.2) is 28.2 Å². The third-order valence-electron chi connectivity index (χ3n) is 3.16. The number of nitrogens with one attached hydrogen (secondary N) is 1. The molecule has 5 heteroatoms. The molecule has 0 saturated carbocycles. The Kier molecular flexibility index (Phi) is 3.16. The Bertz CT molecular complexity index is 655. The number of rotatable bonds is 3. The van der Waals surface area contributed by atoms with Gasteiger partial charge in [-0.2, -0.15) is 0 Å². The average Bonchev–Trinajstić information content (AvgIpc) is 2.77. The van der Waals surface area contributed by atoms with Gasteiger partial charge in [-0.05, 0) is 23.8 Å². The fraction of sp³-hybridized carbons (Fsp3) is 0.133. The molecule has 2 aromatic rings. The van der Waals surface area contributed by atoms with Crippen LogP contribution in [0.2, 0.25) is 0 Å². The number of nitrogens with zero attached hydrogens (tertiary/aromatic N) is 2. The quantitative estimate of drug-likeness (QED) is 0.920. The number of hydrogen-bond acceptors (Lipinski definition) is 3. The molecular formula is C15H13N3O2. The van der Waals surface area contributed by atoms with Crippen LogP contribution in [0.15, 0.2) is 48.7 Å². The number of amides is 2. The molecule has 0 spiro atoms. The number of pyridine rings is 1. The Balaban J connectivity index is 1.65. The topological polar surface area (TPSA) is 62.3 Å². The number of carbonyl (C=O) groups is 2. The van der Waals surface area contributed by atoms with Gasteiger partial charge in [0.2, 0.25) is 5.91 Å². The van der Waals surface area contributed by atoms with Crippen LogP contribution < -0.4 is 5.32 Å². The van der Waals surface area contributed by atoms with Crippen molar-refractivity contribution in [3.8, 4) is 0 Å². The van der Waals surface area contributed by atoms with E-state index >= 15 is 0 Å². The molecule has 20 heavy (non-hydrogen) atoms. The first-order chi connectivity index (χ1) is 9.74. The maximum Gasteiger partial charge on any atom is 0.254 e. The smallest absolute Gasteiger partial charge is 0.254 e. The Hall–Kier alpha value is -2.69.